The Morgan fingerprint density at radius 1 is 1.45 bits per heavy atom. The molecule has 4 heteroatoms. The van der Waals surface area contributed by atoms with Gasteiger partial charge < -0.3 is 15.1 Å². The Morgan fingerprint density at radius 3 is 2.82 bits per heavy atom. The van der Waals surface area contributed by atoms with E-state index in [-0.39, 0.29) is 11.9 Å². The average Bonchev–Trinajstić information content (AvgIpc) is 2.53. The first-order valence-corrected chi connectivity index (χ1v) is 3.88. The maximum absolute atomic E-state index is 11.1. The first-order valence-electron chi connectivity index (χ1n) is 3.88. The summed E-state index contributed by atoms with van der Waals surface area (Å²) in [4.78, 5) is 12.7. The fourth-order valence-corrected chi connectivity index (χ4v) is 1.95. The van der Waals surface area contributed by atoms with Crippen molar-refractivity contribution in [2.75, 3.05) is 6.54 Å². The number of fused-ring (bicyclic) bond motifs is 1. The maximum Gasteiger partial charge on any atom is 0.254 e. The molecule has 62 valence electrons. The lowest BCUT2D eigenvalue weighted by Crippen LogP contribution is -2.30. The highest BCUT2D eigenvalue weighted by atomic mass is 16.3. The number of carbonyl (C=O) groups excluding carboxylic acids is 1. The van der Waals surface area contributed by atoms with Crippen molar-refractivity contribution in [2.24, 2.45) is 0 Å². The van der Waals surface area contributed by atoms with Crippen LogP contribution in [0.5, 0.6) is 0 Å². The largest absolute Gasteiger partial charge is 0.388 e. The summed E-state index contributed by atoms with van der Waals surface area (Å²) >= 11 is 0. The highest BCUT2D eigenvalue weighted by molar-refractivity contribution is 5.84. The van der Waals surface area contributed by atoms with Gasteiger partial charge in [0.15, 0.2) is 6.10 Å². The Labute approximate surface area is 64.4 Å². The van der Waals surface area contributed by atoms with Crippen LogP contribution in [0, 0.1) is 0 Å². The van der Waals surface area contributed by atoms with Crippen molar-refractivity contribution in [1.29, 1.82) is 0 Å². The van der Waals surface area contributed by atoms with E-state index in [1.165, 1.54) is 0 Å². The van der Waals surface area contributed by atoms with Crippen LogP contribution in [0.1, 0.15) is 12.8 Å². The molecule has 0 aromatic carbocycles. The van der Waals surface area contributed by atoms with Crippen molar-refractivity contribution in [3.8, 4) is 0 Å². The predicted octanol–water partition coefficient (Wildman–Crippen LogP) is -1.29. The fraction of sp³-hybridized carbons (Fsp3) is 0.857. The first kappa shape index (κ1) is 7.06. The summed E-state index contributed by atoms with van der Waals surface area (Å²) in [5.74, 6) is -0.306. The van der Waals surface area contributed by atoms with Gasteiger partial charge in [-0.2, -0.15) is 0 Å². The molecule has 0 aromatic rings. The van der Waals surface area contributed by atoms with Crippen LogP contribution < -0.4 is 0 Å². The average molecular weight is 157 g/mol. The molecule has 0 saturated carbocycles. The van der Waals surface area contributed by atoms with Crippen LogP contribution in [0.4, 0.5) is 0 Å². The molecule has 2 aliphatic rings. The fourth-order valence-electron chi connectivity index (χ4n) is 1.95. The lowest BCUT2D eigenvalue weighted by molar-refractivity contribution is -0.135. The van der Waals surface area contributed by atoms with Gasteiger partial charge in [-0.15, -0.1) is 0 Å². The van der Waals surface area contributed by atoms with Gasteiger partial charge in [0.1, 0.15) is 6.10 Å². The lowest BCUT2D eigenvalue weighted by Gasteiger charge is -2.15. The summed E-state index contributed by atoms with van der Waals surface area (Å²) in [6.45, 7) is 0.692. The number of amides is 1. The highest BCUT2D eigenvalue weighted by Crippen LogP contribution is 2.28. The van der Waals surface area contributed by atoms with Gasteiger partial charge in [0, 0.05) is 6.54 Å². The zero-order valence-corrected chi connectivity index (χ0v) is 6.10. The Kier molecular flexibility index (Phi) is 1.40. The summed E-state index contributed by atoms with van der Waals surface area (Å²) in [7, 11) is 0. The van der Waals surface area contributed by atoms with Crippen molar-refractivity contribution in [2.45, 2.75) is 31.1 Å². The normalized spacial score (nSPS) is 43.3. The molecule has 2 aliphatic heterocycles. The van der Waals surface area contributed by atoms with E-state index in [4.69, 9.17) is 5.11 Å². The van der Waals surface area contributed by atoms with Crippen LogP contribution in [0.3, 0.4) is 0 Å². The van der Waals surface area contributed by atoms with Crippen LogP contribution in [-0.2, 0) is 4.79 Å². The third-order valence-corrected chi connectivity index (χ3v) is 2.55. The van der Waals surface area contributed by atoms with E-state index in [0.29, 0.717) is 6.54 Å². The van der Waals surface area contributed by atoms with Gasteiger partial charge in [-0.25, -0.2) is 0 Å². The molecule has 11 heavy (non-hydrogen) atoms. The number of rotatable bonds is 0. The zero-order valence-electron chi connectivity index (χ0n) is 6.10. The molecule has 0 unspecified atom stereocenters. The molecule has 0 bridgehead atoms. The molecule has 4 nitrogen and oxygen atoms in total. The van der Waals surface area contributed by atoms with Gasteiger partial charge in [-0.1, -0.05) is 0 Å². The van der Waals surface area contributed by atoms with Gasteiger partial charge >= 0.3 is 0 Å². The molecule has 0 aromatic heterocycles. The van der Waals surface area contributed by atoms with E-state index in [0.717, 1.165) is 12.8 Å². The number of hydrogen-bond donors (Lipinski definition) is 2. The second-order valence-electron chi connectivity index (χ2n) is 3.18. The summed E-state index contributed by atoms with van der Waals surface area (Å²) < 4.78 is 0. The molecule has 2 saturated heterocycles. The molecule has 1 amide bonds. The van der Waals surface area contributed by atoms with Crippen LogP contribution in [0.25, 0.3) is 0 Å². The Balaban J connectivity index is 2.23. The second-order valence-corrected chi connectivity index (χ2v) is 3.18. The van der Waals surface area contributed by atoms with Gasteiger partial charge in [0.25, 0.3) is 5.91 Å². The maximum atomic E-state index is 11.1. The van der Waals surface area contributed by atoms with E-state index < -0.39 is 12.2 Å². The summed E-state index contributed by atoms with van der Waals surface area (Å²) in [6.07, 6.45) is -0.255. The van der Waals surface area contributed by atoms with Gasteiger partial charge in [-0.05, 0) is 12.8 Å². The van der Waals surface area contributed by atoms with E-state index >= 15 is 0 Å². The SMILES string of the molecule is O=C1[C@H](O)[C@@H](O)[C@@H]2CCCN12. The Hall–Kier alpha value is -0.610. The molecular weight excluding hydrogens is 146 g/mol. The molecule has 2 N–H and O–H groups in total. The number of carbonyl (C=O) groups is 1. The molecule has 2 heterocycles. The van der Waals surface area contributed by atoms with Crippen LogP contribution in [-0.4, -0.2) is 45.8 Å². The van der Waals surface area contributed by atoms with Crippen molar-refractivity contribution in [3.05, 3.63) is 0 Å². The molecule has 3 atom stereocenters. The van der Waals surface area contributed by atoms with Gasteiger partial charge in [-0.3, -0.25) is 4.79 Å². The third kappa shape index (κ3) is 0.795. The van der Waals surface area contributed by atoms with Gasteiger partial charge in [0.2, 0.25) is 0 Å². The Morgan fingerprint density at radius 2 is 2.18 bits per heavy atom. The summed E-state index contributed by atoms with van der Waals surface area (Å²) in [6, 6.07) is -0.113. The molecule has 2 rings (SSSR count). The summed E-state index contributed by atoms with van der Waals surface area (Å²) in [5, 5.41) is 18.5. The van der Waals surface area contributed by atoms with Crippen LogP contribution in [0.2, 0.25) is 0 Å². The smallest absolute Gasteiger partial charge is 0.254 e. The van der Waals surface area contributed by atoms with E-state index in [1.807, 2.05) is 0 Å². The quantitative estimate of drug-likeness (QED) is 0.460. The third-order valence-electron chi connectivity index (χ3n) is 2.55. The van der Waals surface area contributed by atoms with Crippen LogP contribution >= 0.6 is 0 Å². The number of hydrogen-bond acceptors (Lipinski definition) is 3. The number of aliphatic hydroxyl groups is 2. The second kappa shape index (κ2) is 2.19. The minimum absolute atomic E-state index is 0.113. The van der Waals surface area contributed by atoms with E-state index in [9.17, 15) is 9.90 Å². The molecule has 0 aliphatic carbocycles. The Bertz CT molecular complexity index is 194. The summed E-state index contributed by atoms with van der Waals surface area (Å²) in [5.41, 5.74) is 0. The van der Waals surface area contributed by atoms with E-state index in [1.54, 1.807) is 4.90 Å². The standard InChI is InChI=1S/C7H11NO3/c9-5-4-2-1-3-8(4)7(11)6(5)10/h4-6,9-10H,1-3H2/t4-,5-,6+/m0/s1. The number of aliphatic hydroxyl groups excluding tert-OH is 2. The van der Waals surface area contributed by atoms with Crippen molar-refractivity contribution in [3.63, 3.8) is 0 Å². The minimum atomic E-state index is -1.17. The van der Waals surface area contributed by atoms with Crippen molar-refractivity contribution in [1.82, 2.24) is 4.90 Å². The van der Waals surface area contributed by atoms with Gasteiger partial charge in [0.05, 0.1) is 6.04 Å². The molecule has 2 fully saturated rings. The topological polar surface area (TPSA) is 60.8 Å². The van der Waals surface area contributed by atoms with Crippen molar-refractivity contribution < 1.29 is 15.0 Å². The molecular formula is C7H11NO3. The highest BCUT2D eigenvalue weighted by Gasteiger charge is 2.48. The minimum Gasteiger partial charge on any atom is -0.388 e. The number of nitrogens with zero attached hydrogens (tertiary/aromatic N) is 1. The monoisotopic (exact) mass is 157 g/mol. The first-order chi connectivity index (χ1) is 5.22. The van der Waals surface area contributed by atoms with Crippen molar-refractivity contribution >= 4 is 5.91 Å². The lowest BCUT2D eigenvalue weighted by atomic mass is 10.1. The van der Waals surface area contributed by atoms with E-state index in [2.05, 4.69) is 0 Å². The molecule has 0 radical (unpaired) electrons. The zero-order chi connectivity index (χ0) is 8.01. The molecule has 0 spiro atoms. The predicted molar refractivity (Wildman–Crippen MR) is 36.7 cm³/mol. The van der Waals surface area contributed by atoms with Crippen LogP contribution in [0.15, 0.2) is 0 Å².